The molecule has 25 heavy (non-hydrogen) atoms. The molecule has 1 aliphatic rings. The van der Waals surface area contributed by atoms with Gasteiger partial charge in [-0.25, -0.2) is 0 Å². The zero-order valence-corrected chi connectivity index (χ0v) is 15.5. The summed E-state index contributed by atoms with van der Waals surface area (Å²) in [7, 11) is 0. The minimum Gasteiger partial charge on any atom is -0.354 e. The largest absolute Gasteiger partial charge is 0.354 e. The predicted octanol–water partition coefficient (Wildman–Crippen LogP) is 3.82. The molecule has 0 bridgehead atoms. The summed E-state index contributed by atoms with van der Waals surface area (Å²) in [5.74, 6) is -0.0735. The topological polar surface area (TPSA) is 49.4 Å². The lowest BCUT2D eigenvalue weighted by Crippen LogP contribution is -2.47. The highest BCUT2D eigenvalue weighted by Crippen LogP contribution is 2.19. The third-order valence-electron chi connectivity index (χ3n) is 4.80. The van der Waals surface area contributed by atoms with Crippen molar-refractivity contribution >= 4 is 11.8 Å². The Bertz CT molecular complexity index is 595. The molecule has 1 atom stereocenters. The van der Waals surface area contributed by atoms with Crippen LogP contribution >= 0.6 is 0 Å². The number of rotatable bonds is 8. The van der Waals surface area contributed by atoms with Gasteiger partial charge in [0.25, 0.3) is 0 Å². The van der Waals surface area contributed by atoms with Gasteiger partial charge < -0.3 is 10.2 Å². The van der Waals surface area contributed by atoms with Gasteiger partial charge in [0.2, 0.25) is 11.8 Å². The molecule has 0 saturated heterocycles. The van der Waals surface area contributed by atoms with E-state index in [4.69, 9.17) is 0 Å². The van der Waals surface area contributed by atoms with Crippen molar-refractivity contribution in [3.05, 3.63) is 47.5 Å². The van der Waals surface area contributed by atoms with Crippen LogP contribution in [0.25, 0.3) is 0 Å². The summed E-state index contributed by atoms with van der Waals surface area (Å²) >= 11 is 0. The van der Waals surface area contributed by atoms with Crippen LogP contribution in [0.4, 0.5) is 0 Å². The van der Waals surface area contributed by atoms with Crippen molar-refractivity contribution in [1.82, 2.24) is 10.2 Å². The number of hydrogen-bond acceptors (Lipinski definition) is 2. The summed E-state index contributed by atoms with van der Waals surface area (Å²) in [5.41, 5.74) is 2.49. The number of nitrogens with one attached hydrogen (secondary N) is 1. The average Bonchev–Trinajstić information content (AvgIpc) is 2.66. The monoisotopic (exact) mass is 342 g/mol. The quantitative estimate of drug-likeness (QED) is 0.730. The number of carbonyl (C=O) groups is 2. The molecule has 1 aliphatic carbocycles. The summed E-state index contributed by atoms with van der Waals surface area (Å²) in [6.45, 7) is 4.76. The van der Waals surface area contributed by atoms with Gasteiger partial charge in [0, 0.05) is 19.5 Å². The Hall–Kier alpha value is -2.10. The molecule has 136 valence electrons. The summed E-state index contributed by atoms with van der Waals surface area (Å²) in [6, 6.07) is 9.35. The van der Waals surface area contributed by atoms with Crippen molar-refractivity contribution < 1.29 is 9.59 Å². The van der Waals surface area contributed by atoms with E-state index in [9.17, 15) is 9.59 Å². The maximum atomic E-state index is 12.5. The minimum absolute atomic E-state index is 0.00138. The summed E-state index contributed by atoms with van der Waals surface area (Å²) in [4.78, 5) is 26.5. The van der Waals surface area contributed by atoms with E-state index < -0.39 is 6.04 Å². The van der Waals surface area contributed by atoms with Gasteiger partial charge in [-0.2, -0.15) is 0 Å². The van der Waals surface area contributed by atoms with Crippen LogP contribution in [0.2, 0.25) is 0 Å². The Morgan fingerprint density at radius 1 is 1.20 bits per heavy atom. The third-order valence-corrected chi connectivity index (χ3v) is 4.80. The van der Waals surface area contributed by atoms with Crippen molar-refractivity contribution in [2.45, 2.75) is 65.0 Å². The second-order valence-electron chi connectivity index (χ2n) is 6.69. The molecule has 4 heteroatoms. The van der Waals surface area contributed by atoms with E-state index in [1.54, 1.807) is 4.90 Å². The molecule has 2 amide bonds. The summed E-state index contributed by atoms with van der Waals surface area (Å²) in [6.07, 6.45) is 8.47. The van der Waals surface area contributed by atoms with E-state index in [0.29, 0.717) is 19.5 Å². The molecular formula is C21H30N2O2. The summed E-state index contributed by atoms with van der Waals surface area (Å²) in [5, 5.41) is 3.00. The first kappa shape index (κ1) is 19.2. The van der Waals surface area contributed by atoms with Crippen molar-refractivity contribution in [1.29, 1.82) is 0 Å². The Labute approximate surface area is 151 Å². The highest BCUT2D eigenvalue weighted by molar-refractivity contribution is 5.87. The number of amides is 2. The number of benzene rings is 1. The molecule has 0 saturated carbocycles. The lowest BCUT2D eigenvalue weighted by Gasteiger charge is -2.28. The van der Waals surface area contributed by atoms with Crippen molar-refractivity contribution in [3.8, 4) is 0 Å². The van der Waals surface area contributed by atoms with Crippen molar-refractivity contribution in [2.75, 3.05) is 6.54 Å². The first-order valence-corrected chi connectivity index (χ1v) is 9.40. The maximum absolute atomic E-state index is 12.5. The van der Waals surface area contributed by atoms with E-state index in [2.05, 4.69) is 11.4 Å². The zero-order chi connectivity index (χ0) is 18.1. The lowest BCUT2D eigenvalue weighted by molar-refractivity contribution is -0.140. The van der Waals surface area contributed by atoms with Crippen LogP contribution in [-0.4, -0.2) is 29.3 Å². The molecule has 2 rings (SSSR count). The summed E-state index contributed by atoms with van der Waals surface area (Å²) < 4.78 is 0. The molecule has 1 N–H and O–H groups in total. The molecule has 0 unspecified atom stereocenters. The fraction of sp³-hybridized carbons (Fsp3) is 0.524. The SMILES string of the molecule is CCC(=O)N(Cc1ccccc1)[C@@H](C)C(=O)NCCC1=CCCCC1. The average molecular weight is 342 g/mol. The van der Waals surface area contributed by atoms with Gasteiger partial charge in [-0.05, 0) is 44.6 Å². The lowest BCUT2D eigenvalue weighted by atomic mass is 9.97. The van der Waals surface area contributed by atoms with E-state index in [0.717, 1.165) is 24.8 Å². The van der Waals surface area contributed by atoms with Crippen LogP contribution in [0.3, 0.4) is 0 Å². The molecule has 4 nitrogen and oxygen atoms in total. The predicted molar refractivity (Wildman–Crippen MR) is 101 cm³/mol. The minimum atomic E-state index is -0.465. The van der Waals surface area contributed by atoms with Crippen LogP contribution in [0, 0.1) is 0 Å². The van der Waals surface area contributed by atoms with E-state index in [1.807, 2.05) is 44.2 Å². The molecule has 0 aromatic heterocycles. The van der Waals surface area contributed by atoms with Crippen LogP contribution in [-0.2, 0) is 16.1 Å². The second kappa shape index (κ2) is 10.0. The Kier molecular flexibility index (Phi) is 7.71. The van der Waals surface area contributed by atoms with Crippen molar-refractivity contribution in [3.63, 3.8) is 0 Å². The Morgan fingerprint density at radius 2 is 1.96 bits per heavy atom. The highest BCUT2D eigenvalue weighted by atomic mass is 16.2. The molecule has 0 aliphatic heterocycles. The van der Waals surface area contributed by atoms with Gasteiger partial charge in [-0.15, -0.1) is 0 Å². The van der Waals surface area contributed by atoms with E-state index in [-0.39, 0.29) is 11.8 Å². The Balaban J connectivity index is 1.90. The van der Waals surface area contributed by atoms with Gasteiger partial charge in [-0.1, -0.05) is 48.9 Å². The standard InChI is InChI=1S/C21H30N2O2/c1-3-20(24)23(16-19-12-8-5-9-13-19)17(2)21(25)22-15-14-18-10-6-4-7-11-18/h5,8-10,12-13,17H,3-4,6-7,11,14-16H2,1-2H3,(H,22,25)/t17-/m0/s1. The molecule has 0 spiro atoms. The maximum Gasteiger partial charge on any atom is 0.242 e. The molecule has 0 fully saturated rings. The van der Waals surface area contributed by atoms with E-state index in [1.165, 1.54) is 18.4 Å². The van der Waals surface area contributed by atoms with Crippen LogP contribution in [0.5, 0.6) is 0 Å². The number of allylic oxidation sites excluding steroid dienone is 1. The fourth-order valence-electron chi connectivity index (χ4n) is 3.19. The fourth-order valence-corrected chi connectivity index (χ4v) is 3.19. The van der Waals surface area contributed by atoms with Crippen LogP contribution in [0.15, 0.2) is 42.0 Å². The normalized spacial score (nSPS) is 15.2. The molecule has 0 heterocycles. The van der Waals surface area contributed by atoms with Gasteiger partial charge in [-0.3, -0.25) is 9.59 Å². The second-order valence-corrected chi connectivity index (χ2v) is 6.69. The first-order chi connectivity index (χ1) is 12.1. The number of hydrogen-bond donors (Lipinski definition) is 1. The van der Waals surface area contributed by atoms with Crippen molar-refractivity contribution in [2.24, 2.45) is 0 Å². The molecular weight excluding hydrogens is 312 g/mol. The first-order valence-electron chi connectivity index (χ1n) is 9.40. The molecule has 1 aromatic rings. The highest BCUT2D eigenvalue weighted by Gasteiger charge is 2.24. The number of nitrogens with zero attached hydrogens (tertiary/aromatic N) is 1. The van der Waals surface area contributed by atoms with Gasteiger partial charge in [0.15, 0.2) is 0 Å². The van der Waals surface area contributed by atoms with Crippen LogP contribution < -0.4 is 5.32 Å². The molecule has 1 aromatic carbocycles. The van der Waals surface area contributed by atoms with Gasteiger partial charge in [0.05, 0.1) is 0 Å². The third kappa shape index (κ3) is 6.04. The van der Waals surface area contributed by atoms with Gasteiger partial charge >= 0.3 is 0 Å². The smallest absolute Gasteiger partial charge is 0.242 e. The molecule has 0 radical (unpaired) electrons. The van der Waals surface area contributed by atoms with Crippen LogP contribution in [0.1, 0.15) is 57.9 Å². The Morgan fingerprint density at radius 3 is 2.60 bits per heavy atom. The van der Waals surface area contributed by atoms with E-state index >= 15 is 0 Å². The number of carbonyl (C=O) groups excluding carboxylic acids is 2. The van der Waals surface area contributed by atoms with Gasteiger partial charge in [0.1, 0.15) is 6.04 Å². The zero-order valence-electron chi connectivity index (χ0n) is 15.5.